The maximum absolute atomic E-state index is 9.38. The summed E-state index contributed by atoms with van der Waals surface area (Å²) in [6.07, 6.45) is 0. The molecule has 0 unspecified atom stereocenters. The van der Waals surface area contributed by atoms with E-state index < -0.39 is 0 Å². The van der Waals surface area contributed by atoms with Crippen LogP contribution in [0, 0.1) is 5.41 Å². The van der Waals surface area contributed by atoms with E-state index in [4.69, 9.17) is 39.1 Å². The summed E-state index contributed by atoms with van der Waals surface area (Å²) in [5.74, 6) is 0.0269. The minimum atomic E-state index is -0.299. The number of aromatic nitrogens is 2. The van der Waals surface area contributed by atoms with Gasteiger partial charge in [0, 0.05) is 5.02 Å². The Balaban J connectivity index is 2.47. The van der Waals surface area contributed by atoms with Crippen molar-refractivity contribution in [3.05, 3.63) is 38.2 Å². The molecule has 0 radical (unpaired) electrons. The lowest BCUT2D eigenvalue weighted by Crippen LogP contribution is -2.23. The topological polar surface area (TPSA) is 97.1 Å². The van der Waals surface area contributed by atoms with Gasteiger partial charge in [0.05, 0.1) is 5.02 Å². The normalized spacial score (nSPS) is 10.5. The van der Waals surface area contributed by atoms with E-state index in [1.165, 1.54) is 6.07 Å². The number of rotatable bonds is 2. The first-order chi connectivity index (χ1) is 8.90. The summed E-state index contributed by atoms with van der Waals surface area (Å²) < 4.78 is 5.99. The lowest BCUT2D eigenvalue weighted by Gasteiger charge is -2.10. The van der Waals surface area contributed by atoms with Gasteiger partial charge >= 0.3 is 0 Å². The smallest absolute Gasteiger partial charge is 0.240 e. The van der Waals surface area contributed by atoms with E-state index in [2.05, 4.69) is 20.9 Å². The van der Waals surface area contributed by atoms with Gasteiger partial charge in [0.2, 0.25) is 11.8 Å². The van der Waals surface area contributed by atoms with Crippen molar-refractivity contribution in [3.8, 4) is 11.6 Å². The summed E-state index contributed by atoms with van der Waals surface area (Å²) >= 11 is 14.8. The molecule has 2 rings (SSSR count). The van der Waals surface area contributed by atoms with E-state index in [1.807, 2.05) is 0 Å². The monoisotopic (exact) mass is 364 g/mol. The van der Waals surface area contributed by atoms with Crippen LogP contribution in [0.1, 0.15) is 0 Å². The summed E-state index contributed by atoms with van der Waals surface area (Å²) in [6, 6.07) is 4.65. The van der Waals surface area contributed by atoms with Crippen LogP contribution in [-0.2, 0) is 0 Å². The van der Waals surface area contributed by atoms with E-state index in [1.54, 1.807) is 12.1 Å². The molecule has 1 aromatic carbocycles. The molecule has 0 saturated carbocycles. The predicted octanol–water partition coefficient (Wildman–Crippen LogP) is 3.04. The molecule has 0 aliphatic carbocycles. The van der Waals surface area contributed by atoms with Crippen LogP contribution in [0.3, 0.4) is 0 Å². The van der Waals surface area contributed by atoms with Crippen LogP contribution in [0.15, 0.2) is 22.7 Å². The molecule has 100 valence electrons. The molecule has 1 aromatic heterocycles. The Hall–Kier alpha value is -1.44. The van der Waals surface area contributed by atoms with Gasteiger partial charge in [-0.05, 0) is 34.1 Å². The standard InChI is InChI=1S/C10H7BrCl2N4O2/c11-7-8(14)17(18)10(15)16-9(7)19-6-2-1-4(12)3-5(6)13/h1-3,14,18H,(H2,15,16). The van der Waals surface area contributed by atoms with Crippen molar-refractivity contribution in [2.24, 2.45) is 0 Å². The molecule has 2 aromatic rings. The summed E-state index contributed by atoms with van der Waals surface area (Å²) in [5.41, 5.74) is 5.13. The van der Waals surface area contributed by atoms with Gasteiger partial charge in [-0.15, -0.1) is 4.73 Å². The second-order valence-electron chi connectivity index (χ2n) is 3.43. The lowest BCUT2D eigenvalue weighted by molar-refractivity contribution is 0.171. The van der Waals surface area contributed by atoms with Crippen LogP contribution < -0.4 is 16.0 Å². The number of nitrogens with zero attached hydrogens (tertiary/aromatic N) is 2. The van der Waals surface area contributed by atoms with Crippen LogP contribution in [0.25, 0.3) is 0 Å². The summed E-state index contributed by atoms with van der Waals surface area (Å²) in [7, 11) is 0. The number of benzene rings is 1. The van der Waals surface area contributed by atoms with Crippen molar-refractivity contribution in [3.63, 3.8) is 0 Å². The third kappa shape index (κ3) is 2.78. The second-order valence-corrected chi connectivity index (χ2v) is 5.06. The maximum atomic E-state index is 9.38. The molecule has 19 heavy (non-hydrogen) atoms. The molecule has 9 heteroatoms. The zero-order valence-electron chi connectivity index (χ0n) is 9.19. The first kappa shape index (κ1) is 14.0. The van der Waals surface area contributed by atoms with Gasteiger partial charge in [-0.25, -0.2) is 0 Å². The fraction of sp³-hybridized carbons (Fsp3) is 0. The third-order valence-corrected chi connectivity index (χ3v) is 3.39. The number of anilines is 1. The number of hydrogen-bond acceptors (Lipinski definition) is 5. The average molecular weight is 366 g/mol. The summed E-state index contributed by atoms with van der Waals surface area (Å²) in [5, 5.41) is 17.7. The molecule has 0 amide bonds. The van der Waals surface area contributed by atoms with Gasteiger partial charge in [0.25, 0.3) is 0 Å². The van der Waals surface area contributed by atoms with Crippen LogP contribution >= 0.6 is 39.1 Å². The van der Waals surface area contributed by atoms with E-state index >= 15 is 0 Å². The van der Waals surface area contributed by atoms with E-state index in [9.17, 15) is 5.21 Å². The molecule has 0 spiro atoms. The molecule has 0 aliphatic heterocycles. The molecule has 0 fully saturated rings. The van der Waals surface area contributed by atoms with Gasteiger partial charge in [0.15, 0.2) is 5.49 Å². The highest BCUT2D eigenvalue weighted by Crippen LogP contribution is 2.32. The Morgan fingerprint density at radius 3 is 2.74 bits per heavy atom. The minimum absolute atomic E-state index is 0.0111. The van der Waals surface area contributed by atoms with Crippen LogP contribution in [0.2, 0.25) is 10.0 Å². The van der Waals surface area contributed by atoms with E-state index in [-0.39, 0.29) is 26.8 Å². The highest BCUT2D eigenvalue weighted by atomic mass is 79.9. The number of nitrogens with one attached hydrogen (secondary N) is 1. The van der Waals surface area contributed by atoms with Crippen molar-refractivity contribution in [1.82, 2.24) is 9.71 Å². The van der Waals surface area contributed by atoms with E-state index in [0.29, 0.717) is 15.5 Å². The Morgan fingerprint density at radius 1 is 1.42 bits per heavy atom. The zero-order chi connectivity index (χ0) is 14.2. The Labute approximate surface area is 125 Å². The fourth-order valence-corrected chi connectivity index (χ4v) is 2.02. The molecule has 4 N–H and O–H groups in total. The predicted molar refractivity (Wildman–Crippen MR) is 73.9 cm³/mol. The number of nitrogen functional groups attached to an aromatic ring is 1. The van der Waals surface area contributed by atoms with Crippen LogP contribution in [-0.4, -0.2) is 14.9 Å². The molecule has 0 bridgehead atoms. The molecule has 1 heterocycles. The summed E-state index contributed by atoms with van der Waals surface area (Å²) in [6.45, 7) is 0. The van der Waals surface area contributed by atoms with Gasteiger partial charge in [-0.2, -0.15) is 4.98 Å². The van der Waals surface area contributed by atoms with Crippen molar-refractivity contribution < 1.29 is 9.94 Å². The third-order valence-electron chi connectivity index (χ3n) is 2.14. The molecule has 6 nitrogen and oxygen atoms in total. The highest BCUT2D eigenvalue weighted by Gasteiger charge is 2.13. The van der Waals surface area contributed by atoms with Crippen molar-refractivity contribution in [2.45, 2.75) is 0 Å². The molecule has 0 saturated heterocycles. The number of halogens is 3. The first-order valence-electron chi connectivity index (χ1n) is 4.85. The Bertz CT molecular complexity index is 705. The average Bonchev–Trinajstić information content (AvgIpc) is 2.36. The van der Waals surface area contributed by atoms with Crippen molar-refractivity contribution in [2.75, 3.05) is 5.73 Å². The van der Waals surface area contributed by atoms with Gasteiger partial charge in [-0.1, -0.05) is 23.2 Å². The van der Waals surface area contributed by atoms with Crippen molar-refractivity contribution >= 4 is 45.1 Å². The SMILES string of the molecule is N=c1c(Br)c(Oc2ccc(Cl)cc2Cl)nc(N)n1O. The number of nitrogens with two attached hydrogens (primary N) is 1. The van der Waals surface area contributed by atoms with Gasteiger partial charge in [0.1, 0.15) is 10.2 Å². The number of hydrogen-bond donors (Lipinski definition) is 3. The van der Waals surface area contributed by atoms with Gasteiger partial charge in [-0.3, -0.25) is 5.41 Å². The molecular formula is C10H7BrCl2N4O2. The summed E-state index contributed by atoms with van der Waals surface area (Å²) in [4.78, 5) is 3.80. The maximum Gasteiger partial charge on any atom is 0.240 e. The Morgan fingerprint density at radius 2 is 2.11 bits per heavy atom. The lowest BCUT2D eigenvalue weighted by atomic mass is 10.3. The first-order valence-corrected chi connectivity index (χ1v) is 6.40. The Kier molecular flexibility index (Phi) is 3.88. The zero-order valence-corrected chi connectivity index (χ0v) is 12.3. The van der Waals surface area contributed by atoms with Crippen LogP contribution in [0.5, 0.6) is 11.6 Å². The number of ether oxygens (including phenoxy) is 1. The van der Waals surface area contributed by atoms with E-state index in [0.717, 1.165) is 0 Å². The second kappa shape index (κ2) is 5.28. The quantitative estimate of drug-likeness (QED) is 0.712. The fourth-order valence-electron chi connectivity index (χ4n) is 1.24. The molecule has 0 aliphatic rings. The largest absolute Gasteiger partial charge is 0.436 e. The highest BCUT2D eigenvalue weighted by molar-refractivity contribution is 9.10. The molecular weight excluding hydrogens is 359 g/mol. The van der Waals surface area contributed by atoms with Gasteiger partial charge < -0.3 is 15.7 Å². The molecule has 0 atom stereocenters. The van der Waals surface area contributed by atoms with Crippen LogP contribution in [0.4, 0.5) is 5.95 Å². The van der Waals surface area contributed by atoms with Crippen molar-refractivity contribution in [1.29, 1.82) is 5.41 Å². The minimum Gasteiger partial charge on any atom is -0.436 e.